The van der Waals surface area contributed by atoms with E-state index in [0.29, 0.717) is 0 Å². The fourth-order valence-electron chi connectivity index (χ4n) is 1.40. The molecule has 3 N–H and O–H groups in total. The van der Waals surface area contributed by atoms with E-state index in [9.17, 15) is 13.2 Å². The maximum atomic E-state index is 12.2. The van der Waals surface area contributed by atoms with Gasteiger partial charge in [0.1, 0.15) is 18.2 Å². The number of alkyl halides is 3. The van der Waals surface area contributed by atoms with Crippen molar-refractivity contribution < 1.29 is 13.2 Å². The van der Waals surface area contributed by atoms with Crippen molar-refractivity contribution in [1.82, 2.24) is 19.7 Å². The van der Waals surface area contributed by atoms with Gasteiger partial charge < -0.3 is 11.1 Å². The van der Waals surface area contributed by atoms with Gasteiger partial charge in [0.2, 0.25) is 0 Å². The van der Waals surface area contributed by atoms with Gasteiger partial charge in [0.05, 0.1) is 0 Å². The van der Waals surface area contributed by atoms with Crippen LogP contribution in [0.5, 0.6) is 0 Å². The number of nitrogen functional groups attached to an aromatic ring is 1. The second kappa shape index (κ2) is 5.04. The third-order valence-electron chi connectivity index (χ3n) is 2.23. The van der Waals surface area contributed by atoms with Crippen molar-refractivity contribution in [3.8, 4) is 12.0 Å². The SMILES string of the molecule is N#Cc1c(NCC(F)(F)F)nn(-c2ncccn2)c1N. The number of nitrogens with two attached hydrogens (primary N) is 1. The molecule has 20 heavy (non-hydrogen) atoms. The lowest BCUT2D eigenvalue weighted by Crippen LogP contribution is -2.22. The molecule has 2 aromatic heterocycles. The van der Waals surface area contributed by atoms with Gasteiger partial charge in [0.15, 0.2) is 11.6 Å². The molecule has 0 aliphatic heterocycles. The van der Waals surface area contributed by atoms with Crippen LogP contribution in [0, 0.1) is 11.3 Å². The summed E-state index contributed by atoms with van der Waals surface area (Å²) < 4.78 is 37.5. The first-order valence-corrected chi connectivity index (χ1v) is 5.29. The molecule has 2 heterocycles. The average molecular weight is 283 g/mol. The molecule has 0 aliphatic rings. The lowest BCUT2D eigenvalue weighted by Gasteiger charge is -2.06. The number of nitriles is 1. The summed E-state index contributed by atoms with van der Waals surface area (Å²) >= 11 is 0. The first-order valence-electron chi connectivity index (χ1n) is 5.29. The van der Waals surface area contributed by atoms with Gasteiger partial charge in [-0.15, -0.1) is 5.10 Å². The van der Waals surface area contributed by atoms with Gasteiger partial charge in [-0.3, -0.25) is 0 Å². The van der Waals surface area contributed by atoms with Crippen molar-refractivity contribution in [3.05, 3.63) is 24.0 Å². The van der Waals surface area contributed by atoms with Crippen LogP contribution >= 0.6 is 0 Å². The van der Waals surface area contributed by atoms with Crippen LogP contribution in [0.1, 0.15) is 5.56 Å². The predicted molar refractivity (Wildman–Crippen MR) is 62.8 cm³/mol. The lowest BCUT2D eigenvalue weighted by molar-refractivity contribution is -0.115. The maximum Gasteiger partial charge on any atom is 0.405 e. The number of aromatic nitrogens is 4. The van der Waals surface area contributed by atoms with Gasteiger partial charge in [0, 0.05) is 12.4 Å². The van der Waals surface area contributed by atoms with E-state index in [-0.39, 0.29) is 23.1 Å². The zero-order valence-corrected chi connectivity index (χ0v) is 9.89. The van der Waals surface area contributed by atoms with Gasteiger partial charge in [-0.25, -0.2) is 9.97 Å². The number of hydrogen-bond acceptors (Lipinski definition) is 6. The number of hydrogen-bond donors (Lipinski definition) is 2. The summed E-state index contributed by atoms with van der Waals surface area (Å²) in [7, 11) is 0. The summed E-state index contributed by atoms with van der Waals surface area (Å²) in [6, 6.07) is 3.25. The Morgan fingerprint density at radius 3 is 2.55 bits per heavy atom. The molecule has 0 radical (unpaired) electrons. The molecule has 10 heteroatoms. The Hall–Kier alpha value is -2.83. The minimum Gasteiger partial charge on any atom is -0.382 e. The topological polar surface area (TPSA) is 105 Å². The maximum absolute atomic E-state index is 12.2. The van der Waals surface area contributed by atoms with Crippen molar-refractivity contribution in [2.24, 2.45) is 0 Å². The zero-order chi connectivity index (χ0) is 14.8. The largest absolute Gasteiger partial charge is 0.405 e. The molecule has 0 atom stereocenters. The smallest absolute Gasteiger partial charge is 0.382 e. The van der Waals surface area contributed by atoms with Crippen LogP contribution in [0.25, 0.3) is 5.95 Å². The Bertz CT molecular complexity index is 641. The molecule has 0 fully saturated rings. The Balaban J connectivity index is 2.38. The number of rotatable bonds is 3. The van der Waals surface area contributed by atoms with Crippen LogP contribution in [0.3, 0.4) is 0 Å². The minimum atomic E-state index is -4.44. The van der Waals surface area contributed by atoms with Crippen LogP contribution in [-0.2, 0) is 0 Å². The standard InChI is InChI=1S/C10H8F3N7/c11-10(12,13)5-18-8-6(4-14)7(15)20(19-8)9-16-2-1-3-17-9/h1-3H,5,15H2,(H,18,19). The fraction of sp³-hybridized carbons (Fsp3) is 0.200. The number of nitrogens with zero attached hydrogens (tertiary/aromatic N) is 5. The van der Waals surface area contributed by atoms with Gasteiger partial charge in [-0.05, 0) is 6.07 Å². The van der Waals surface area contributed by atoms with Crippen molar-refractivity contribution in [2.75, 3.05) is 17.6 Å². The highest BCUT2D eigenvalue weighted by Gasteiger charge is 2.28. The van der Waals surface area contributed by atoms with Gasteiger partial charge in [-0.2, -0.15) is 23.1 Å². The molecule has 0 spiro atoms. The first-order chi connectivity index (χ1) is 9.42. The Morgan fingerprint density at radius 1 is 1.35 bits per heavy atom. The zero-order valence-electron chi connectivity index (χ0n) is 9.89. The van der Waals surface area contributed by atoms with Gasteiger partial charge in [-0.1, -0.05) is 0 Å². The third kappa shape index (κ3) is 2.77. The summed E-state index contributed by atoms with van der Waals surface area (Å²) in [5.41, 5.74) is 5.47. The summed E-state index contributed by atoms with van der Waals surface area (Å²) in [5, 5.41) is 14.8. The number of halogens is 3. The van der Waals surface area contributed by atoms with Crippen LogP contribution in [0.2, 0.25) is 0 Å². The third-order valence-corrected chi connectivity index (χ3v) is 2.23. The average Bonchev–Trinajstić information content (AvgIpc) is 2.73. The first kappa shape index (κ1) is 13.6. The second-order valence-corrected chi connectivity index (χ2v) is 3.65. The van der Waals surface area contributed by atoms with Crippen LogP contribution in [-0.4, -0.2) is 32.5 Å². The monoisotopic (exact) mass is 283 g/mol. The van der Waals surface area contributed by atoms with E-state index in [1.165, 1.54) is 12.4 Å². The predicted octanol–water partition coefficient (Wildman–Crippen LogP) is 1.09. The van der Waals surface area contributed by atoms with Crippen molar-refractivity contribution in [2.45, 2.75) is 6.18 Å². The molecule has 2 aromatic rings. The van der Waals surface area contributed by atoms with Crippen molar-refractivity contribution >= 4 is 11.6 Å². The van der Waals surface area contributed by atoms with E-state index >= 15 is 0 Å². The molecule has 0 amide bonds. The van der Waals surface area contributed by atoms with E-state index in [2.05, 4.69) is 15.1 Å². The van der Waals surface area contributed by atoms with E-state index in [4.69, 9.17) is 11.0 Å². The molecule has 2 rings (SSSR count). The molecule has 104 valence electrons. The van der Waals surface area contributed by atoms with Crippen LogP contribution < -0.4 is 11.1 Å². The lowest BCUT2D eigenvalue weighted by atomic mass is 10.3. The van der Waals surface area contributed by atoms with Gasteiger partial charge in [0.25, 0.3) is 5.95 Å². The Labute approximate surface area is 110 Å². The summed E-state index contributed by atoms with van der Waals surface area (Å²) in [4.78, 5) is 7.71. The number of nitrogens with one attached hydrogen (secondary N) is 1. The summed E-state index contributed by atoms with van der Waals surface area (Å²) in [6.07, 6.45) is -1.61. The van der Waals surface area contributed by atoms with E-state index in [1.807, 2.05) is 5.32 Å². The highest BCUT2D eigenvalue weighted by molar-refractivity contribution is 5.65. The molecule has 0 saturated carbocycles. The summed E-state index contributed by atoms with van der Waals surface area (Å²) in [5.74, 6) is -0.347. The molecule has 0 aliphatic carbocycles. The van der Waals surface area contributed by atoms with Crippen LogP contribution in [0.15, 0.2) is 18.5 Å². The highest BCUT2D eigenvalue weighted by atomic mass is 19.4. The quantitative estimate of drug-likeness (QED) is 0.873. The molecule has 0 saturated heterocycles. The van der Waals surface area contributed by atoms with E-state index in [1.54, 1.807) is 12.1 Å². The van der Waals surface area contributed by atoms with Crippen LogP contribution in [0.4, 0.5) is 24.8 Å². The molecule has 0 aromatic carbocycles. The van der Waals surface area contributed by atoms with Crippen molar-refractivity contribution in [3.63, 3.8) is 0 Å². The molecular formula is C10H8F3N7. The van der Waals surface area contributed by atoms with Gasteiger partial charge >= 0.3 is 6.18 Å². The molecule has 0 bridgehead atoms. The molecular weight excluding hydrogens is 275 g/mol. The normalized spacial score (nSPS) is 11.1. The Kier molecular flexibility index (Phi) is 3.43. The van der Waals surface area contributed by atoms with Crippen molar-refractivity contribution in [1.29, 1.82) is 5.26 Å². The minimum absolute atomic E-state index is 0.0570. The number of anilines is 2. The highest BCUT2D eigenvalue weighted by Crippen LogP contribution is 2.24. The molecule has 7 nitrogen and oxygen atoms in total. The fourth-order valence-corrected chi connectivity index (χ4v) is 1.40. The molecule has 0 unspecified atom stereocenters. The second-order valence-electron chi connectivity index (χ2n) is 3.65. The summed E-state index contributed by atoms with van der Waals surface area (Å²) in [6.45, 7) is -1.33. The Morgan fingerprint density at radius 2 is 2.00 bits per heavy atom. The van der Waals surface area contributed by atoms with E-state index < -0.39 is 12.7 Å². The van der Waals surface area contributed by atoms with E-state index in [0.717, 1.165) is 4.68 Å².